The smallest absolute Gasteiger partial charge is 0.216 e. The van der Waals surface area contributed by atoms with E-state index in [1.54, 1.807) is 11.8 Å². The Morgan fingerprint density at radius 2 is 2.19 bits per heavy atom. The van der Waals surface area contributed by atoms with Crippen molar-refractivity contribution in [3.05, 3.63) is 34.9 Å². The summed E-state index contributed by atoms with van der Waals surface area (Å²) < 4.78 is 13.1. The molecule has 3 rings (SSSR count). The Labute approximate surface area is 125 Å². The van der Waals surface area contributed by atoms with Gasteiger partial charge in [-0.25, -0.2) is 4.68 Å². The molecule has 2 heterocycles. The normalized spacial score (nSPS) is 20.8. The average Bonchev–Trinajstić information content (AvgIpc) is 2.89. The second-order valence-electron chi connectivity index (χ2n) is 5.92. The Kier molecular flexibility index (Phi) is 3.76. The molecule has 0 aliphatic heterocycles. The maximum Gasteiger partial charge on any atom is 0.216 e. The molecule has 0 aromatic carbocycles. The van der Waals surface area contributed by atoms with Gasteiger partial charge in [0.25, 0.3) is 0 Å². The SMILES string of the molecule is COc1c(CNCc2ccc([C@@H]3C[C@H]3C)o2)c(C)nn1C. The topological polar surface area (TPSA) is 52.2 Å². The number of methoxy groups -OCH3 is 1. The van der Waals surface area contributed by atoms with Crippen molar-refractivity contribution in [2.45, 2.75) is 39.3 Å². The molecule has 1 fully saturated rings. The predicted molar refractivity (Wildman–Crippen MR) is 80.3 cm³/mol. The van der Waals surface area contributed by atoms with Crippen LogP contribution in [-0.2, 0) is 20.1 Å². The van der Waals surface area contributed by atoms with Crippen LogP contribution in [0.4, 0.5) is 0 Å². The highest BCUT2D eigenvalue weighted by Crippen LogP contribution is 2.47. The molecule has 1 saturated carbocycles. The molecule has 1 aliphatic rings. The van der Waals surface area contributed by atoms with Gasteiger partial charge in [-0.3, -0.25) is 0 Å². The minimum absolute atomic E-state index is 0.638. The van der Waals surface area contributed by atoms with E-state index >= 15 is 0 Å². The summed E-state index contributed by atoms with van der Waals surface area (Å²) >= 11 is 0. The van der Waals surface area contributed by atoms with E-state index in [2.05, 4.69) is 29.5 Å². The first-order valence-electron chi connectivity index (χ1n) is 7.46. The van der Waals surface area contributed by atoms with Crippen LogP contribution in [0.1, 0.15) is 42.0 Å². The van der Waals surface area contributed by atoms with Gasteiger partial charge in [-0.15, -0.1) is 0 Å². The van der Waals surface area contributed by atoms with Gasteiger partial charge in [0.05, 0.1) is 24.9 Å². The lowest BCUT2D eigenvalue weighted by Gasteiger charge is -2.06. The molecule has 114 valence electrons. The van der Waals surface area contributed by atoms with Gasteiger partial charge in [0.2, 0.25) is 5.88 Å². The molecule has 1 aliphatic carbocycles. The molecule has 5 heteroatoms. The van der Waals surface area contributed by atoms with Gasteiger partial charge in [0.1, 0.15) is 11.5 Å². The van der Waals surface area contributed by atoms with E-state index < -0.39 is 0 Å². The van der Waals surface area contributed by atoms with E-state index in [9.17, 15) is 0 Å². The van der Waals surface area contributed by atoms with E-state index in [1.807, 2.05) is 14.0 Å². The summed E-state index contributed by atoms with van der Waals surface area (Å²) in [4.78, 5) is 0. The highest BCUT2D eigenvalue weighted by atomic mass is 16.5. The lowest BCUT2D eigenvalue weighted by molar-refractivity contribution is 0.367. The van der Waals surface area contributed by atoms with E-state index in [0.717, 1.165) is 47.7 Å². The lowest BCUT2D eigenvalue weighted by atomic mass is 10.2. The number of ether oxygens (including phenoxy) is 1. The number of furan rings is 1. The molecule has 0 radical (unpaired) electrons. The molecular weight excluding hydrogens is 266 g/mol. The van der Waals surface area contributed by atoms with E-state index in [1.165, 1.54) is 6.42 Å². The Morgan fingerprint density at radius 3 is 2.86 bits per heavy atom. The van der Waals surface area contributed by atoms with E-state index in [-0.39, 0.29) is 0 Å². The number of hydrogen-bond acceptors (Lipinski definition) is 4. The van der Waals surface area contributed by atoms with Crippen LogP contribution in [0.3, 0.4) is 0 Å². The summed E-state index contributed by atoms with van der Waals surface area (Å²) in [6.45, 7) is 5.71. The number of nitrogens with zero attached hydrogens (tertiary/aromatic N) is 2. The first kappa shape index (κ1) is 14.2. The summed E-state index contributed by atoms with van der Waals surface area (Å²) in [7, 11) is 3.57. The summed E-state index contributed by atoms with van der Waals surface area (Å²) in [6, 6.07) is 4.18. The third kappa shape index (κ3) is 2.83. The summed E-state index contributed by atoms with van der Waals surface area (Å²) in [6.07, 6.45) is 1.26. The van der Waals surface area contributed by atoms with E-state index in [0.29, 0.717) is 5.92 Å². The fourth-order valence-electron chi connectivity index (χ4n) is 2.86. The van der Waals surface area contributed by atoms with Gasteiger partial charge in [0, 0.05) is 19.5 Å². The zero-order chi connectivity index (χ0) is 15.0. The fourth-order valence-corrected chi connectivity index (χ4v) is 2.86. The van der Waals surface area contributed by atoms with Crippen molar-refractivity contribution in [1.82, 2.24) is 15.1 Å². The minimum atomic E-state index is 0.638. The third-order valence-corrected chi connectivity index (χ3v) is 4.24. The molecule has 2 atom stereocenters. The van der Waals surface area contributed by atoms with Crippen LogP contribution in [0, 0.1) is 12.8 Å². The number of rotatable bonds is 6. The molecule has 2 aromatic heterocycles. The molecule has 0 spiro atoms. The number of aromatic nitrogens is 2. The third-order valence-electron chi connectivity index (χ3n) is 4.24. The zero-order valence-corrected chi connectivity index (χ0v) is 13.1. The number of aryl methyl sites for hydroxylation is 2. The monoisotopic (exact) mass is 289 g/mol. The van der Waals surface area contributed by atoms with Crippen LogP contribution in [-0.4, -0.2) is 16.9 Å². The maximum absolute atomic E-state index is 5.89. The van der Waals surface area contributed by atoms with Crippen molar-refractivity contribution in [2.75, 3.05) is 7.11 Å². The van der Waals surface area contributed by atoms with Gasteiger partial charge in [-0.05, 0) is 31.4 Å². The molecule has 1 N–H and O–H groups in total. The quantitative estimate of drug-likeness (QED) is 0.888. The molecular formula is C16H23N3O2. The van der Waals surface area contributed by atoms with Crippen LogP contribution in [0.15, 0.2) is 16.5 Å². The van der Waals surface area contributed by atoms with Gasteiger partial charge < -0.3 is 14.5 Å². The predicted octanol–water partition coefficient (Wildman–Crippen LogP) is 2.74. The van der Waals surface area contributed by atoms with Crippen LogP contribution in [0.5, 0.6) is 5.88 Å². The van der Waals surface area contributed by atoms with Crippen molar-refractivity contribution in [3.63, 3.8) is 0 Å². The van der Waals surface area contributed by atoms with Crippen LogP contribution in [0.2, 0.25) is 0 Å². The highest BCUT2D eigenvalue weighted by Gasteiger charge is 2.36. The first-order valence-corrected chi connectivity index (χ1v) is 7.46. The van der Waals surface area contributed by atoms with Crippen molar-refractivity contribution in [2.24, 2.45) is 13.0 Å². The molecule has 0 unspecified atom stereocenters. The highest BCUT2D eigenvalue weighted by molar-refractivity contribution is 5.30. The Bertz CT molecular complexity index is 630. The Balaban J connectivity index is 1.57. The summed E-state index contributed by atoms with van der Waals surface area (Å²) in [5.74, 6) is 4.35. The molecule has 0 bridgehead atoms. The van der Waals surface area contributed by atoms with E-state index in [4.69, 9.17) is 9.15 Å². The molecule has 2 aromatic rings. The van der Waals surface area contributed by atoms with Crippen molar-refractivity contribution < 1.29 is 9.15 Å². The second-order valence-corrected chi connectivity index (χ2v) is 5.92. The van der Waals surface area contributed by atoms with Crippen LogP contribution < -0.4 is 10.1 Å². The van der Waals surface area contributed by atoms with Crippen LogP contribution >= 0.6 is 0 Å². The fraction of sp³-hybridized carbons (Fsp3) is 0.562. The largest absolute Gasteiger partial charge is 0.481 e. The molecule has 5 nitrogen and oxygen atoms in total. The first-order chi connectivity index (χ1) is 10.1. The maximum atomic E-state index is 5.89. The van der Waals surface area contributed by atoms with Gasteiger partial charge in [-0.2, -0.15) is 5.10 Å². The Morgan fingerprint density at radius 1 is 1.43 bits per heavy atom. The van der Waals surface area contributed by atoms with Gasteiger partial charge >= 0.3 is 0 Å². The van der Waals surface area contributed by atoms with Gasteiger partial charge in [-0.1, -0.05) is 6.92 Å². The zero-order valence-electron chi connectivity index (χ0n) is 13.1. The number of hydrogen-bond donors (Lipinski definition) is 1. The summed E-state index contributed by atoms with van der Waals surface area (Å²) in [5.41, 5.74) is 2.09. The minimum Gasteiger partial charge on any atom is -0.481 e. The summed E-state index contributed by atoms with van der Waals surface area (Å²) in [5, 5.41) is 7.78. The van der Waals surface area contributed by atoms with Crippen molar-refractivity contribution in [1.29, 1.82) is 0 Å². The van der Waals surface area contributed by atoms with Crippen LogP contribution in [0.25, 0.3) is 0 Å². The van der Waals surface area contributed by atoms with Crippen molar-refractivity contribution in [3.8, 4) is 5.88 Å². The van der Waals surface area contributed by atoms with Gasteiger partial charge in [0.15, 0.2) is 0 Å². The Hall–Kier alpha value is -1.75. The molecule has 0 saturated heterocycles. The molecule has 21 heavy (non-hydrogen) atoms. The second kappa shape index (κ2) is 5.56. The lowest BCUT2D eigenvalue weighted by Crippen LogP contribution is -2.13. The van der Waals surface area contributed by atoms with Crippen molar-refractivity contribution >= 4 is 0 Å². The molecule has 0 amide bonds. The average molecular weight is 289 g/mol. The standard InChI is InChI=1S/C16H23N3O2/c1-10-7-13(10)15-6-5-12(21-15)8-17-9-14-11(2)18-19(3)16(14)20-4/h5-6,10,13,17H,7-9H2,1-4H3/t10-,13-/m1/s1. The number of nitrogens with one attached hydrogen (secondary N) is 1.